The third-order valence-electron chi connectivity index (χ3n) is 3.36. The minimum Gasteiger partial charge on any atom is -0.444 e. The van der Waals surface area contributed by atoms with Crippen LogP contribution < -0.4 is 10.6 Å². The zero-order valence-corrected chi connectivity index (χ0v) is 17.8. The van der Waals surface area contributed by atoms with E-state index >= 15 is 0 Å². The lowest BCUT2D eigenvalue weighted by atomic mass is 9.95. The summed E-state index contributed by atoms with van der Waals surface area (Å²) in [5, 5.41) is 16.8. The fourth-order valence-electron chi connectivity index (χ4n) is 2.27. The summed E-state index contributed by atoms with van der Waals surface area (Å²) in [5.41, 5.74) is 0.708. The van der Waals surface area contributed by atoms with Crippen LogP contribution in [0.4, 0.5) is 4.79 Å². The second-order valence-electron chi connectivity index (χ2n) is 6.98. The van der Waals surface area contributed by atoms with Crippen molar-refractivity contribution in [1.82, 2.24) is 10.6 Å². The molecule has 0 saturated carbocycles. The topological polar surface area (TPSA) is 111 Å². The first kappa shape index (κ1) is 25.8. The lowest BCUT2D eigenvalue weighted by Crippen LogP contribution is -2.35. The van der Waals surface area contributed by atoms with Gasteiger partial charge in [0.05, 0.1) is 17.0 Å². The van der Waals surface area contributed by atoms with Gasteiger partial charge in [-0.15, -0.1) is 6.58 Å². The highest BCUT2D eigenvalue weighted by Gasteiger charge is 2.22. The molecular formula is C21H31N3O5. The van der Waals surface area contributed by atoms with Crippen LogP contribution >= 0.6 is 0 Å². The summed E-state index contributed by atoms with van der Waals surface area (Å²) in [6.07, 6.45) is 9.12. The third-order valence-corrected chi connectivity index (χ3v) is 3.36. The van der Waals surface area contributed by atoms with Crippen molar-refractivity contribution in [3.63, 3.8) is 0 Å². The molecule has 0 radical (unpaired) electrons. The third kappa shape index (κ3) is 10.7. The van der Waals surface area contributed by atoms with Gasteiger partial charge in [-0.05, 0) is 64.3 Å². The molecule has 29 heavy (non-hydrogen) atoms. The van der Waals surface area contributed by atoms with Crippen LogP contribution in [0.3, 0.4) is 0 Å². The van der Waals surface area contributed by atoms with Crippen molar-refractivity contribution >= 4 is 12.4 Å². The Morgan fingerprint density at radius 1 is 1.34 bits per heavy atom. The molecular weight excluding hydrogens is 374 g/mol. The van der Waals surface area contributed by atoms with Crippen molar-refractivity contribution in [3.8, 4) is 0 Å². The van der Waals surface area contributed by atoms with Gasteiger partial charge in [-0.3, -0.25) is 14.9 Å². The molecule has 0 fully saturated rings. The number of likely N-dealkylation sites (N-methyl/N-ethyl adjacent to an activating group) is 1. The highest BCUT2D eigenvalue weighted by molar-refractivity contribution is 5.72. The molecule has 1 aliphatic rings. The highest BCUT2D eigenvalue weighted by atomic mass is 16.6. The summed E-state index contributed by atoms with van der Waals surface area (Å²) < 4.78 is 5.16. The van der Waals surface area contributed by atoms with Crippen molar-refractivity contribution < 1.29 is 19.2 Å². The number of aldehydes is 1. The molecule has 1 rings (SSSR count). The van der Waals surface area contributed by atoms with Gasteiger partial charge in [-0.2, -0.15) is 0 Å². The first-order chi connectivity index (χ1) is 13.6. The Morgan fingerprint density at radius 3 is 2.41 bits per heavy atom. The molecule has 0 spiro atoms. The number of allylic oxidation sites excluding steroid dienone is 6. The number of carbonyl (C=O) groups is 2. The van der Waals surface area contributed by atoms with Crippen LogP contribution in [0.25, 0.3) is 0 Å². The maximum atomic E-state index is 11.8. The van der Waals surface area contributed by atoms with Gasteiger partial charge in [0.15, 0.2) is 0 Å². The van der Waals surface area contributed by atoms with Crippen molar-refractivity contribution in [2.45, 2.75) is 46.1 Å². The zero-order valence-electron chi connectivity index (χ0n) is 17.8. The summed E-state index contributed by atoms with van der Waals surface area (Å²) in [6.45, 7) is 10.6. The van der Waals surface area contributed by atoms with E-state index < -0.39 is 16.6 Å². The molecule has 0 bridgehead atoms. The van der Waals surface area contributed by atoms with Crippen LogP contribution in [-0.2, 0) is 9.53 Å². The van der Waals surface area contributed by atoms with Crippen molar-refractivity contribution in [1.29, 1.82) is 0 Å². The predicted octanol–water partition coefficient (Wildman–Crippen LogP) is 3.81. The largest absolute Gasteiger partial charge is 0.444 e. The van der Waals surface area contributed by atoms with Crippen LogP contribution in [-0.4, -0.2) is 36.5 Å². The number of nitro groups is 1. The van der Waals surface area contributed by atoms with E-state index in [9.17, 15) is 19.7 Å². The lowest BCUT2D eigenvalue weighted by Gasteiger charge is -2.20. The number of hydrogen-bond donors (Lipinski definition) is 2. The van der Waals surface area contributed by atoms with E-state index in [2.05, 4.69) is 17.2 Å². The second-order valence-corrected chi connectivity index (χ2v) is 6.98. The average Bonchev–Trinajstić information content (AvgIpc) is 2.63. The minimum absolute atomic E-state index is 0.0313. The Hall–Kier alpha value is -3.16. The number of hydrogen-bond acceptors (Lipinski definition) is 6. The molecule has 0 unspecified atom stereocenters. The number of rotatable bonds is 7. The van der Waals surface area contributed by atoms with Crippen molar-refractivity contribution in [2.24, 2.45) is 0 Å². The molecule has 1 amide bonds. The number of nitrogens with one attached hydrogen (secondary N) is 2. The maximum Gasteiger partial charge on any atom is 0.407 e. The van der Waals surface area contributed by atoms with Gasteiger partial charge in [-0.1, -0.05) is 12.2 Å². The molecule has 0 heterocycles. The number of carbonyl (C=O) groups excluding carboxylic acids is 2. The van der Waals surface area contributed by atoms with Gasteiger partial charge in [0.25, 0.3) is 5.70 Å². The second kappa shape index (κ2) is 13.1. The van der Waals surface area contributed by atoms with Crippen LogP contribution in [0.1, 0.15) is 40.5 Å². The molecule has 0 aromatic rings. The van der Waals surface area contributed by atoms with E-state index in [1.54, 1.807) is 52.1 Å². The predicted molar refractivity (Wildman–Crippen MR) is 114 cm³/mol. The van der Waals surface area contributed by atoms with Crippen molar-refractivity contribution in [2.75, 3.05) is 13.6 Å². The summed E-state index contributed by atoms with van der Waals surface area (Å²) >= 11 is 0. The average molecular weight is 405 g/mol. The molecule has 0 aromatic heterocycles. The fraction of sp³-hybridized carbons (Fsp3) is 0.429. The monoisotopic (exact) mass is 405 g/mol. The molecule has 0 saturated heterocycles. The summed E-state index contributed by atoms with van der Waals surface area (Å²) in [4.78, 5) is 33.5. The van der Waals surface area contributed by atoms with E-state index in [1.807, 2.05) is 6.92 Å². The standard InChI is InChI=1S/C18H25N3O5.C3H6/c1-18(2,3)26-17(23)20-12-14(19-4)11-13(9-10-22)15-7-5-6-8-16(15)21(24)25;1-3-2/h7-11,19H,5-6,12H2,1-4H3,(H,20,23);3H,1H2,2H3/b13-9+,14-11-;. The molecule has 1 aliphatic carbocycles. The number of amides is 1. The zero-order chi connectivity index (χ0) is 22.4. The van der Waals surface area contributed by atoms with Gasteiger partial charge in [0.2, 0.25) is 0 Å². The van der Waals surface area contributed by atoms with Crippen molar-refractivity contribution in [3.05, 3.63) is 69.6 Å². The van der Waals surface area contributed by atoms with Gasteiger partial charge >= 0.3 is 6.09 Å². The van der Waals surface area contributed by atoms with Gasteiger partial charge < -0.3 is 15.4 Å². The molecule has 0 aromatic carbocycles. The lowest BCUT2D eigenvalue weighted by molar-refractivity contribution is -0.421. The highest BCUT2D eigenvalue weighted by Crippen LogP contribution is 2.27. The molecule has 2 N–H and O–H groups in total. The van der Waals surface area contributed by atoms with Gasteiger partial charge in [0, 0.05) is 12.7 Å². The first-order valence-corrected chi connectivity index (χ1v) is 9.22. The van der Waals surface area contributed by atoms with Gasteiger partial charge in [0.1, 0.15) is 11.9 Å². The van der Waals surface area contributed by atoms with E-state index in [0.717, 1.165) is 0 Å². The molecule has 8 heteroatoms. The number of ether oxygens (including phenoxy) is 1. The summed E-state index contributed by atoms with van der Waals surface area (Å²) in [7, 11) is 1.65. The fourth-order valence-corrected chi connectivity index (χ4v) is 2.27. The van der Waals surface area contributed by atoms with Gasteiger partial charge in [-0.25, -0.2) is 4.79 Å². The van der Waals surface area contributed by atoms with Crippen LogP contribution in [0.15, 0.2) is 59.5 Å². The molecule has 0 atom stereocenters. The Labute approximate surface area is 172 Å². The van der Waals surface area contributed by atoms with Crippen LogP contribution in [0.5, 0.6) is 0 Å². The molecule has 8 nitrogen and oxygen atoms in total. The summed E-state index contributed by atoms with van der Waals surface area (Å²) in [6, 6.07) is 0. The molecule has 160 valence electrons. The quantitative estimate of drug-likeness (QED) is 0.166. The normalized spacial score (nSPS) is 14.4. The molecule has 0 aliphatic heterocycles. The van der Waals surface area contributed by atoms with Crippen LogP contribution in [0, 0.1) is 10.1 Å². The van der Waals surface area contributed by atoms with E-state index in [1.165, 1.54) is 6.08 Å². The summed E-state index contributed by atoms with van der Waals surface area (Å²) in [5.74, 6) is 0. The van der Waals surface area contributed by atoms with E-state index in [4.69, 9.17) is 4.74 Å². The van der Waals surface area contributed by atoms with E-state index in [0.29, 0.717) is 36.0 Å². The SMILES string of the molecule is C=CC.CN/C(=C\C(=C/C=O)C1=CCCC=C1[N+](=O)[O-])CNC(=O)OC(C)(C)C. The first-order valence-electron chi connectivity index (χ1n) is 9.22. The Balaban J connectivity index is 0.00000245. The number of nitrogens with zero attached hydrogens (tertiary/aromatic N) is 1. The number of alkyl carbamates (subject to hydrolysis) is 1. The smallest absolute Gasteiger partial charge is 0.407 e. The Bertz CT molecular complexity index is 725. The minimum atomic E-state index is -0.617. The Kier molecular flexibility index (Phi) is 11.7. The maximum absolute atomic E-state index is 11.8. The Morgan fingerprint density at radius 2 is 1.93 bits per heavy atom. The van der Waals surface area contributed by atoms with E-state index in [-0.39, 0.29) is 12.2 Å². The van der Waals surface area contributed by atoms with Crippen LogP contribution in [0.2, 0.25) is 0 Å².